The topological polar surface area (TPSA) is 66.4 Å². The average molecular weight is 277 g/mol. The highest BCUT2D eigenvalue weighted by molar-refractivity contribution is 7.89. The van der Waals surface area contributed by atoms with Crippen molar-refractivity contribution in [3.8, 4) is 5.75 Å². The predicted octanol–water partition coefficient (Wildman–Crippen LogP) is 2.43. The van der Waals surface area contributed by atoms with Crippen LogP contribution in [-0.4, -0.2) is 13.5 Å². The van der Waals surface area contributed by atoms with Crippen LogP contribution in [-0.2, 0) is 10.0 Å². The van der Waals surface area contributed by atoms with Gasteiger partial charge < -0.3 is 5.11 Å². The fourth-order valence-electron chi connectivity index (χ4n) is 1.79. The third-order valence-electron chi connectivity index (χ3n) is 2.79. The third kappa shape index (κ3) is 3.13. The van der Waals surface area contributed by atoms with E-state index in [0.717, 1.165) is 5.56 Å². The average Bonchev–Trinajstić information content (AvgIpc) is 2.39. The molecule has 100 valence electrons. The first-order chi connectivity index (χ1) is 9.00. The molecule has 5 heteroatoms. The molecule has 0 fully saturated rings. The number of phenolic OH excluding ortho intramolecular Hbond substituents is 1. The molecule has 0 heterocycles. The number of hydrogen-bond acceptors (Lipinski definition) is 3. The lowest BCUT2D eigenvalue weighted by molar-refractivity contribution is 0.457. The minimum atomic E-state index is -3.74. The maximum Gasteiger partial charge on any atom is 0.244 e. The number of rotatable bonds is 4. The number of aromatic hydroxyl groups is 1. The molecule has 4 nitrogen and oxygen atoms in total. The summed E-state index contributed by atoms with van der Waals surface area (Å²) in [6, 6.07) is 14.8. The second-order valence-electron chi connectivity index (χ2n) is 4.22. The van der Waals surface area contributed by atoms with Crippen molar-refractivity contribution >= 4 is 10.0 Å². The molecule has 2 aromatic rings. The van der Waals surface area contributed by atoms with Crippen LogP contribution in [0.3, 0.4) is 0 Å². The summed E-state index contributed by atoms with van der Waals surface area (Å²) in [7, 11) is -3.74. The van der Waals surface area contributed by atoms with Gasteiger partial charge in [-0.15, -0.1) is 0 Å². The fourth-order valence-corrected chi connectivity index (χ4v) is 3.12. The summed E-state index contributed by atoms with van der Waals surface area (Å²) in [4.78, 5) is -0.113. The van der Waals surface area contributed by atoms with Crippen LogP contribution in [0.1, 0.15) is 18.5 Å². The zero-order chi connectivity index (χ0) is 13.9. The van der Waals surface area contributed by atoms with Crippen molar-refractivity contribution in [1.82, 2.24) is 4.72 Å². The Bertz CT molecular complexity index is 653. The van der Waals surface area contributed by atoms with Crippen molar-refractivity contribution in [2.75, 3.05) is 0 Å². The molecule has 2 aromatic carbocycles. The molecule has 2 N–H and O–H groups in total. The van der Waals surface area contributed by atoms with Gasteiger partial charge in [0.25, 0.3) is 0 Å². The first-order valence-electron chi connectivity index (χ1n) is 5.86. The molecular weight excluding hydrogens is 262 g/mol. The number of para-hydroxylation sites is 1. The zero-order valence-electron chi connectivity index (χ0n) is 10.4. The number of hydrogen-bond donors (Lipinski definition) is 2. The minimum Gasteiger partial charge on any atom is -0.507 e. The smallest absolute Gasteiger partial charge is 0.244 e. The highest BCUT2D eigenvalue weighted by atomic mass is 32.2. The molecule has 0 saturated heterocycles. The summed E-state index contributed by atoms with van der Waals surface area (Å²) in [5.41, 5.74) is 0.862. The van der Waals surface area contributed by atoms with Crippen molar-refractivity contribution in [2.45, 2.75) is 17.9 Å². The predicted molar refractivity (Wildman–Crippen MR) is 73.3 cm³/mol. The van der Waals surface area contributed by atoms with Crippen LogP contribution < -0.4 is 4.72 Å². The minimum absolute atomic E-state index is 0.113. The highest BCUT2D eigenvalue weighted by Crippen LogP contribution is 2.23. The molecular formula is C14H15NO3S. The monoisotopic (exact) mass is 277 g/mol. The molecule has 1 atom stereocenters. The molecule has 0 aliphatic rings. The summed E-state index contributed by atoms with van der Waals surface area (Å²) < 4.78 is 26.9. The SMILES string of the molecule is CC(NS(=O)(=O)c1ccccc1O)c1ccccc1. The van der Waals surface area contributed by atoms with Crippen LogP contribution in [0.25, 0.3) is 0 Å². The van der Waals surface area contributed by atoms with Crippen molar-refractivity contribution in [1.29, 1.82) is 0 Å². The third-order valence-corrected chi connectivity index (χ3v) is 4.37. The Morgan fingerprint density at radius 3 is 2.21 bits per heavy atom. The quantitative estimate of drug-likeness (QED) is 0.902. The van der Waals surface area contributed by atoms with Gasteiger partial charge in [-0.2, -0.15) is 0 Å². The first-order valence-corrected chi connectivity index (χ1v) is 7.34. The lowest BCUT2D eigenvalue weighted by Gasteiger charge is -2.15. The molecule has 2 rings (SSSR count). The normalized spacial score (nSPS) is 13.1. The maximum atomic E-state index is 12.2. The van der Waals surface area contributed by atoms with Crippen LogP contribution in [0.2, 0.25) is 0 Å². The molecule has 0 saturated carbocycles. The van der Waals surface area contributed by atoms with Gasteiger partial charge in [0.05, 0.1) is 0 Å². The number of phenols is 1. The van der Waals surface area contributed by atoms with Gasteiger partial charge >= 0.3 is 0 Å². The Balaban J connectivity index is 2.26. The number of nitrogens with one attached hydrogen (secondary N) is 1. The Morgan fingerprint density at radius 2 is 1.58 bits per heavy atom. The summed E-state index contributed by atoms with van der Waals surface area (Å²) >= 11 is 0. The molecule has 0 radical (unpaired) electrons. The molecule has 0 aromatic heterocycles. The zero-order valence-corrected chi connectivity index (χ0v) is 11.3. The first kappa shape index (κ1) is 13.6. The Morgan fingerprint density at radius 1 is 1.00 bits per heavy atom. The van der Waals surface area contributed by atoms with Gasteiger partial charge in [-0.3, -0.25) is 0 Å². The number of benzene rings is 2. The van der Waals surface area contributed by atoms with Gasteiger partial charge in [0, 0.05) is 6.04 Å². The molecule has 0 aliphatic carbocycles. The van der Waals surface area contributed by atoms with E-state index >= 15 is 0 Å². The lowest BCUT2D eigenvalue weighted by Crippen LogP contribution is -2.26. The van der Waals surface area contributed by atoms with E-state index in [1.807, 2.05) is 30.3 Å². The second kappa shape index (κ2) is 5.42. The van der Waals surface area contributed by atoms with Crippen molar-refractivity contribution in [3.05, 3.63) is 60.2 Å². The van der Waals surface area contributed by atoms with Gasteiger partial charge in [0.2, 0.25) is 10.0 Å². The largest absolute Gasteiger partial charge is 0.507 e. The van der Waals surface area contributed by atoms with E-state index in [-0.39, 0.29) is 16.7 Å². The standard InChI is InChI=1S/C14H15NO3S/c1-11(12-7-3-2-4-8-12)15-19(17,18)14-10-6-5-9-13(14)16/h2-11,15-16H,1H3. The van der Waals surface area contributed by atoms with Crippen molar-refractivity contribution in [3.63, 3.8) is 0 Å². The van der Waals surface area contributed by atoms with E-state index in [4.69, 9.17) is 0 Å². The van der Waals surface area contributed by atoms with Crippen LogP contribution in [0.5, 0.6) is 5.75 Å². The molecule has 1 unspecified atom stereocenters. The second-order valence-corrected chi connectivity index (χ2v) is 5.90. The highest BCUT2D eigenvalue weighted by Gasteiger charge is 2.21. The van der Waals surface area contributed by atoms with Crippen LogP contribution in [0.15, 0.2) is 59.5 Å². The van der Waals surface area contributed by atoms with Gasteiger partial charge in [-0.25, -0.2) is 13.1 Å². The van der Waals surface area contributed by atoms with Crippen LogP contribution >= 0.6 is 0 Å². The van der Waals surface area contributed by atoms with E-state index in [0.29, 0.717) is 0 Å². The van der Waals surface area contributed by atoms with E-state index in [9.17, 15) is 13.5 Å². The van der Waals surface area contributed by atoms with Crippen molar-refractivity contribution < 1.29 is 13.5 Å². The van der Waals surface area contributed by atoms with Crippen LogP contribution in [0, 0.1) is 0 Å². The van der Waals surface area contributed by atoms with E-state index in [1.54, 1.807) is 19.1 Å². The van der Waals surface area contributed by atoms with E-state index < -0.39 is 10.0 Å². The Labute approximate surface area is 112 Å². The summed E-state index contributed by atoms with van der Waals surface area (Å²) in [6.07, 6.45) is 0. The van der Waals surface area contributed by atoms with Gasteiger partial charge in [0.1, 0.15) is 10.6 Å². The molecule has 0 spiro atoms. The summed E-state index contributed by atoms with van der Waals surface area (Å²) in [6.45, 7) is 1.76. The van der Waals surface area contributed by atoms with Gasteiger partial charge in [-0.1, -0.05) is 42.5 Å². The Kier molecular flexibility index (Phi) is 3.87. The summed E-state index contributed by atoms with van der Waals surface area (Å²) in [5.74, 6) is -0.254. The van der Waals surface area contributed by atoms with E-state index in [1.165, 1.54) is 12.1 Å². The van der Waals surface area contributed by atoms with Gasteiger partial charge in [-0.05, 0) is 24.6 Å². The van der Waals surface area contributed by atoms with Gasteiger partial charge in [0.15, 0.2) is 0 Å². The molecule has 19 heavy (non-hydrogen) atoms. The maximum absolute atomic E-state index is 12.2. The summed E-state index contributed by atoms with van der Waals surface area (Å²) in [5, 5.41) is 9.61. The lowest BCUT2D eigenvalue weighted by atomic mass is 10.1. The molecule has 0 aliphatic heterocycles. The van der Waals surface area contributed by atoms with E-state index in [2.05, 4.69) is 4.72 Å². The fraction of sp³-hybridized carbons (Fsp3) is 0.143. The number of sulfonamides is 1. The van der Waals surface area contributed by atoms with Crippen molar-refractivity contribution in [2.24, 2.45) is 0 Å². The Hall–Kier alpha value is -1.85. The molecule has 0 amide bonds. The molecule has 0 bridgehead atoms. The van der Waals surface area contributed by atoms with Crippen LogP contribution in [0.4, 0.5) is 0 Å².